The van der Waals surface area contributed by atoms with E-state index < -0.39 is 0 Å². The van der Waals surface area contributed by atoms with E-state index in [1.807, 2.05) is 4.68 Å². The van der Waals surface area contributed by atoms with Crippen LogP contribution in [-0.4, -0.2) is 20.2 Å². The molecular formula is C17H16BrN5. The molecule has 0 spiro atoms. The Morgan fingerprint density at radius 2 is 1.74 bits per heavy atom. The Hall–Kier alpha value is -2.21. The van der Waals surface area contributed by atoms with Crippen molar-refractivity contribution < 1.29 is 0 Å². The highest BCUT2D eigenvalue weighted by Gasteiger charge is 2.30. The van der Waals surface area contributed by atoms with Crippen LogP contribution in [0.15, 0.2) is 53.0 Å². The molecule has 2 aromatic carbocycles. The molecule has 2 heterocycles. The van der Waals surface area contributed by atoms with Gasteiger partial charge in [-0.1, -0.05) is 63.0 Å². The SMILES string of the molecule is Cc1ccc([C@@H]2C[C@@H](c3ccc(Br)cc3)n3nnnc3N2)cc1. The molecule has 0 radical (unpaired) electrons. The fraction of sp³-hybridized carbons (Fsp3) is 0.235. The zero-order valence-electron chi connectivity index (χ0n) is 12.6. The summed E-state index contributed by atoms with van der Waals surface area (Å²) in [7, 11) is 0. The van der Waals surface area contributed by atoms with Gasteiger partial charge < -0.3 is 5.32 Å². The average Bonchev–Trinajstić information content (AvgIpc) is 3.04. The minimum absolute atomic E-state index is 0.126. The zero-order chi connectivity index (χ0) is 15.8. The molecule has 116 valence electrons. The molecule has 6 heteroatoms. The van der Waals surface area contributed by atoms with E-state index in [1.54, 1.807) is 0 Å². The smallest absolute Gasteiger partial charge is 0.243 e. The number of tetrazole rings is 1. The van der Waals surface area contributed by atoms with Crippen molar-refractivity contribution >= 4 is 21.9 Å². The molecule has 0 saturated carbocycles. The van der Waals surface area contributed by atoms with E-state index in [0.29, 0.717) is 0 Å². The summed E-state index contributed by atoms with van der Waals surface area (Å²) in [5, 5.41) is 15.6. The van der Waals surface area contributed by atoms with E-state index >= 15 is 0 Å². The Morgan fingerprint density at radius 1 is 1.04 bits per heavy atom. The molecule has 4 rings (SSSR count). The second kappa shape index (κ2) is 5.77. The zero-order valence-corrected chi connectivity index (χ0v) is 14.2. The Labute approximate surface area is 142 Å². The maximum absolute atomic E-state index is 4.16. The highest BCUT2D eigenvalue weighted by Crippen LogP contribution is 2.37. The molecule has 3 aromatic rings. The molecule has 1 aromatic heterocycles. The van der Waals surface area contributed by atoms with Crippen molar-refractivity contribution in [2.45, 2.75) is 25.4 Å². The molecule has 0 aliphatic carbocycles. The first-order valence-corrected chi connectivity index (χ1v) is 8.36. The third-order valence-corrected chi connectivity index (χ3v) is 4.81. The monoisotopic (exact) mass is 369 g/mol. The van der Waals surface area contributed by atoms with Crippen molar-refractivity contribution in [1.82, 2.24) is 20.2 Å². The predicted octanol–water partition coefficient (Wildman–Crippen LogP) is 3.89. The summed E-state index contributed by atoms with van der Waals surface area (Å²) in [6, 6.07) is 17.3. The van der Waals surface area contributed by atoms with Gasteiger partial charge in [-0.25, -0.2) is 4.68 Å². The van der Waals surface area contributed by atoms with Crippen molar-refractivity contribution in [1.29, 1.82) is 0 Å². The number of aromatic nitrogens is 4. The van der Waals surface area contributed by atoms with Crippen molar-refractivity contribution in [2.75, 3.05) is 5.32 Å². The predicted molar refractivity (Wildman–Crippen MR) is 92.3 cm³/mol. The fourth-order valence-electron chi connectivity index (χ4n) is 3.02. The van der Waals surface area contributed by atoms with E-state index in [-0.39, 0.29) is 12.1 Å². The van der Waals surface area contributed by atoms with Crippen LogP contribution in [0, 0.1) is 6.92 Å². The quantitative estimate of drug-likeness (QED) is 0.744. The molecule has 1 aliphatic heterocycles. The van der Waals surface area contributed by atoms with Gasteiger partial charge in [-0.05, 0) is 47.0 Å². The van der Waals surface area contributed by atoms with Gasteiger partial charge in [0.15, 0.2) is 0 Å². The molecule has 0 amide bonds. The van der Waals surface area contributed by atoms with Gasteiger partial charge in [-0.3, -0.25) is 0 Å². The van der Waals surface area contributed by atoms with Gasteiger partial charge in [0.05, 0.1) is 12.1 Å². The summed E-state index contributed by atoms with van der Waals surface area (Å²) < 4.78 is 2.94. The van der Waals surface area contributed by atoms with E-state index in [0.717, 1.165) is 16.8 Å². The summed E-state index contributed by atoms with van der Waals surface area (Å²) in [5.41, 5.74) is 3.73. The van der Waals surface area contributed by atoms with Crippen LogP contribution >= 0.6 is 15.9 Å². The fourth-order valence-corrected chi connectivity index (χ4v) is 3.28. The normalized spacial score (nSPS) is 19.9. The first kappa shape index (κ1) is 14.4. The maximum atomic E-state index is 4.16. The first-order valence-electron chi connectivity index (χ1n) is 7.57. The molecule has 5 nitrogen and oxygen atoms in total. The van der Waals surface area contributed by atoms with Crippen LogP contribution in [0.5, 0.6) is 0 Å². The molecule has 1 N–H and O–H groups in total. The van der Waals surface area contributed by atoms with E-state index in [1.165, 1.54) is 16.7 Å². The Morgan fingerprint density at radius 3 is 2.48 bits per heavy atom. The van der Waals surface area contributed by atoms with Crippen LogP contribution in [-0.2, 0) is 0 Å². The lowest BCUT2D eigenvalue weighted by molar-refractivity contribution is 0.423. The molecule has 1 aliphatic rings. The van der Waals surface area contributed by atoms with Crippen molar-refractivity contribution in [2.24, 2.45) is 0 Å². The highest BCUT2D eigenvalue weighted by atomic mass is 79.9. The van der Waals surface area contributed by atoms with Gasteiger partial charge in [0.1, 0.15) is 0 Å². The molecule has 0 saturated heterocycles. The van der Waals surface area contributed by atoms with Crippen LogP contribution < -0.4 is 5.32 Å². The lowest BCUT2D eigenvalue weighted by Gasteiger charge is -2.31. The second-order valence-corrected chi connectivity index (χ2v) is 6.77. The Bertz CT molecular complexity index is 810. The largest absolute Gasteiger partial charge is 0.346 e. The Kier molecular flexibility index (Phi) is 3.61. The number of hydrogen-bond acceptors (Lipinski definition) is 4. The van der Waals surface area contributed by atoms with Crippen LogP contribution in [0.2, 0.25) is 0 Å². The van der Waals surface area contributed by atoms with Crippen LogP contribution in [0.1, 0.15) is 35.2 Å². The van der Waals surface area contributed by atoms with Crippen molar-refractivity contribution in [3.8, 4) is 0 Å². The third kappa shape index (κ3) is 2.74. The molecule has 23 heavy (non-hydrogen) atoms. The number of hydrogen-bond donors (Lipinski definition) is 1. The standard InChI is InChI=1S/C17H16BrN5/c1-11-2-4-12(5-3-11)15-10-16(13-6-8-14(18)9-7-13)23-17(19-15)20-21-22-23/h2-9,15-16H,10H2,1H3,(H,19,20,22)/t15-,16-/m0/s1. The summed E-state index contributed by atoms with van der Waals surface area (Å²) in [4.78, 5) is 0. The second-order valence-electron chi connectivity index (χ2n) is 5.86. The van der Waals surface area contributed by atoms with Gasteiger partial charge in [0.25, 0.3) is 0 Å². The number of fused-ring (bicyclic) bond motifs is 1. The lowest BCUT2D eigenvalue weighted by Crippen LogP contribution is -2.28. The van der Waals surface area contributed by atoms with Crippen molar-refractivity contribution in [3.05, 3.63) is 69.7 Å². The number of anilines is 1. The van der Waals surface area contributed by atoms with Crippen LogP contribution in [0.4, 0.5) is 5.95 Å². The summed E-state index contributed by atoms with van der Waals surface area (Å²) >= 11 is 3.49. The van der Waals surface area contributed by atoms with Gasteiger partial charge >= 0.3 is 0 Å². The first-order chi connectivity index (χ1) is 11.2. The topological polar surface area (TPSA) is 55.6 Å². The minimum Gasteiger partial charge on any atom is -0.346 e. The number of halogens is 1. The minimum atomic E-state index is 0.126. The number of aryl methyl sites for hydroxylation is 1. The lowest BCUT2D eigenvalue weighted by atomic mass is 9.93. The van der Waals surface area contributed by atoms with Gasteiger partial charge in [-0.2, -0.15) is 0 Å². The van der Waals surface area contributed by atoms with E-state index in [2.05, 4.69) is 92.2 Å². The molecule has 0 unspecified atom stereocenters. The van der Waals surface area contributed by atoms with Gasteiger partial charge in [-0.15, -0.1) is 0 Å². The highest BCUT2D eigenvalue weighted by molar-refractivity contribution is 9.10. The number of benzene rings is 2. The van der Waals surface area contributed by atoms with Gasteiger partial charge in [0, 0.05) is 4.47 Å². The molecule has 2 atom stereocenters. The third-order valence-electron chi connectivity index (χ3n) is 4.28. The molecule has 0 fully saturated rings. The molecule has 0 bridgehead atoms. The van der Waals surface area contributed by atoms with E-state index in [9.17, 15) is 0 Å². The number of nitrogens with one attached hydrogen (secondary N) is 1. The van der Waals surface area contributed by atoms with Gasteiger partial charge in [0.2, 0.25) is 5.95 Å². The number of nitrogens with zero attached hydrogens (tertiary/aromatic N) is 4. The number of rotatable bonds is 2. The summed E-state index contributed by atoms with van der Waals surface area (Å²) in [6.07, 6.45) is 0.905. The molecular weight excluding hydrogens is 354 g/mol. The average molecular weight is 370 g/mol. The van der Waals surface area contributed by atoms with E-state index in [4.69, 9.17) is 0 Å². The van der Waals surface area contributed by atoms with Crippen LogP contribution in [0.3, 0.4) is 0 Å². The van der Waals surface area contributed by atoms with Crippen LogP contribution in [0.25, 0.3) is 0 Å². The van der Waals surface area contributed by atoms with Crippen molar-refractivity contribution in [3.63, 3.8) is 0 Å². The Balaban J connectivity index is 1.71. The summed E-state index contributed by atoms with van der Waals surface area (Å²) in [6.45, 7) is 2.10. The maximum Gasteiger partial charge on any atom is 0.243 e. The summed E-state index contributed by atoms with van der Waals surface area (Å²) in [5.74, 6) is 0.717.